The third kappa shape index (κ3) is 2.36. The maximum absolute atomic E-state index is 8.74. The third-order valence-electron chi connectivity index (χ3n) is 2.28. The predicted octanol–water partition coefficient (Wildman–Crippen LogP) is 1.71. The van der Waals surface area contributed by atoms with Crippen molar-refractivity contribution in [3.63, 3.8) is 0 Å². The molecule has 0 radical (unpaired) electrons. The van der Waals surface area contributed by atoms with Crippen molar-refractivity contribution in [2.75, 3.05) is 6.54 Å². The molecule has 64 valence electrons. The maximum atomic E-state index is 8.74. The summed E-state index contributed by atoms with van der Waals surface area (Å²) in [6.07, 6.45) is 2.19. The molecule has 2 nitrogen and oxygen atoms in total. The van der Waals surface area contributed by atoms with Crippen LogP contribution in [0.4, 0.5) is 0 Å². The Morgan fingerprint density at radius 1 is 1.55 bits per heavy atom. The van der Waals surface area contributed by atoms with Gasteiger partial charge < -0.3 is 5.32 Å². The smallest absolute Gasteiger partial charge is 0.0675 e. The first-order chi connectivity index (χ1) is 4.67. The van der Waals surface area contributed by atoms with Gasteiger partial charge in [-0.05, 0) is 33.2 Å². The molecule has 11 heavy (non-hydrogen) atoms. The number of nitrogens with one attached hydrogen (secondary N) is 1. The standard InChI is InChI=1S/C8H14N2.ClH/c1-8(2)7(6-9)4-3-5-10-8;/h7,10H,3-5H2,1-2H3;1H. The van der Waals surface area contributed by atoms with Crippen molar-refractivity contribution in [2.45, 2.75) is 32.2 Å². The topological polar surface area (TPSA) is 35.8 Å². The van der Waals surface area contributed by atoms with E-state index in [4.69, 9.17) is 5.26 Å². The van der Waals surface area contributed by atoms with Gasteiger partial charge in [0, 0.05) is 5.54 Å². The van der Waals surface area contributed by atoms with Gasteiger partial charge in [0.05, 0.1) is 12.0 Å². The van der Waals surface area contributed by atoms with Crippen molar-refractivity contribution in [1.82, 2.24) is 5.32 Å². The second kappa shape index (κ2) is 3.94. The van der Waals surface area contributed by atoms with E-state index in [2.05, 4.69) is 25.2 Å². The molecule has 0 spiro atoms. The molecule has 1 saturated heterocycles. The Morgan fingerprint density at radius 2 is 2.18 bits per heavy atom. The summed E-state index contributed by atoms with van der Waals surface area (Å²) in [5, 5.41) is 12.1. The second-order valence-corrected chi connectivity index (χ2v) is 3.47. The van der Waals surface area contributed by atoms with Gasteiger partial charge in [0.25, 0.3) is 0 Å². The minimum Gasteiger partial charge on any atom is -0.310 e. The van der Waals surface area contributed by atoms with Crippen molar-refractivity contribution in [3.8, 4) is 6.07 Å². The van der Waals surface area contributed by atoms with E-state index in [0.717, 1.165) is 19.4 Å². The molecule has 0 aromatic heterocycles. The van der Waals surface area contributed by atoms with Crippen LogP contribution in [-0.2, 0) is 0 Å². The summed E-state index contributed by atoms with van der Waals surface area (Å²) in [5.74, 6) is 0.196. The average Bonchev–Trinajstić information content (AvgIpc) is 1.87. The molecule has 1 fully saturated rings. The number of hydrogen-bond donors (Lipinski definition) is 1. The molecule has 0 aliphatic carbocycles. The van der Waals surface area contributed by atoms with Gasteiger partial charge in [-0.2, -0.15) is 5.26 Å². The van der Waals surface area contributed by atoms with Crippen LogP contribution in [0.2, 0.25) is 0 Å². The summed E-state index contributed by atoms with van der Waals surface area (Å²) in [6.45, 7) is 5.26. The second-order valence-electron chi connectivity index (χ2n) is 3.47. The molecular weight excluding hydrogens is 160 g/mol. The monoisotopic (exact) mass is 174 g/mol. The largest absolute Gasteiger partial charge is 0.310 e. The Kier molecular flexibility index (Phi) is 3.85. The van der Waals surface area contributed by atoms with Crippen LogP contribution >= 0.6 is 12.4 Å². The minimum absolute atomic E-state index is 0. The van der Waals surface area contributed by atoms with Crippen LogP contribution in [0.25, 0.3) is 0 Å². The van der Waals surface area contributed by atoms with Crippen LogP contribution in [0.3, 0.4) is 0 Å². The number of nitriles is 1. The van der Waals surface area contributed by atoms with Crippen LogP contribution in [0.5, 0.6) is 0 Å². The average molecular weight is 175 g/mol. The Labute approximate surface area is 74.4 Å². The SMILES string of the molecule is CC1(C)NCCCC1C#N.Cl. The Hall–Kier alpha value is -0.260. The van der Waals surface area contributed by atoms with Gasteiger partial charge in [-0.3, -0.25) is 0 Å². The molecule has 1 atom stereocenters. The lowest BCUT2D eigenvalue weighted by Gasteiger charge is -2.35. The molecule has 0 aromatic carbocycles. The highest BCUT2D eigenvalue weighted by atomic mass is 35.5. The molecule has 1 unspecified atom stereocenters. The fourth-order valence-corrected chi connectivity index (χ4v) is 1.43. The summed E-state index contributed by atoms with van der Waals surface area (Å²) >= 11 is 0. The van der Waals surface area contributed by atoms with Crippen LogP contribution in [0, 0.1) is 17.2 Å². The lowest BCUT2D eigenvalue weighted by Crippen LogP contribution is -2.49. The van der Waals surface area contributed by atoms with Gasteiger partial charge in [-0.25, -0.2) is 0 Å². The van der Waals surface area contributed by atoms with Crippen LogP contribution in [0.15, 0.2) is 0 Å². The minimum atomic E-state index is 0. The van der Waals surface area contributed by atoms with E-state index in [9.17, 15) is 0 Å². The first-order valence-electron chi connectivity index (χ1n) is 3.81. The number of piperidine rings is 1. The number of hydrogen-bond acceptors (Lipinski definition) is 2. The van der Waals surface area contributed by atoms with E-state index in [0.29, 0.717) is 0 Å². The normalized spacial score (nSPS) is 28.3. The zero-order valence-corrected chi connectivity index (χ0v) is 7.87. The molecular formula is C8H15ClN2. The van der Waals surface area contributed by atoms with E-state index in [1.54, 1.807) is 0 Å². The van der Waals surface area contributed by atoms with Gasteiger partial charge >= 0.3 is 0 Å². The van der Waals surface area contributed by atoms with Gasteiger partial charge in [-0.1, -0.05) is 0 Å². The molecule has 0 amide bonds. The lowest BCUT2D eigenvalue weighted by atomic mass is 9.82. The highest BCUT2D eigenvalue weighted by Crippen LogP contribution is 2.24. The molecule has 1 rings (SSSR count). The van der Waals surface area contributed by atoms with Crippen molar-refractivity contribution in [1.29, 1.82) is 5.26 Å². The Balaban J connectivity index is 0.000001000. The highest BCUT2D eigenvalue weighted by Gasteiger charge is 2.31. The number of nitrogens with zero attached hydrogens (tertiary/aromatic N) is 1. The zero-order valence-electron chi connectivity index (χ0n) is 7.05. The molecule has 1 aliphatic heterocycles. The van der Waals surface area contributed by atoms with E-state index in [1.807, 2.05) is 0 Å². The van der Waals surface area contributed by atoms with Crippen LogP contribution < -0.4 is 5.32 Å². The van der Waals surface area contributed by atoms with Crippen LogP contribution in [0.1, 0.15) is 26.7 Å². The molecule has 0 aromatic rings. The number of rotatable bonds is 0. The van der Waals surface area contributed by atoms with Gasteiger partial charge in [0.15, 0.2) is 0 Å². The fourth-order valence-electron chi connectivity index (χ4n) is 1.43. The molecule has 0 bridgehead atoms. The molecule has 1 N–H and O–H groups in total. The summed E-state index contributed by atoms with van der Waals surface area (Å²) in [6, 6.07) is 2.33. The Bertz CT molecular complexity index is 160. The molecule has 1 heterocycles. The maximum Gasteiger partial charge on any atom is 0.0675 e. The van der Waals surface area contributed by atoms with E-state index in [1.165, 1.54) is 0 Å². The summed E-state index contributed by atoms with van der Waals surface area (Å²) in [4.78, 5) is 0. The van der Waals surface area contributed by atoms with E-state index in [-0.39, 0.29) is 23.9 Å². The quantitative estimate of drug-likeness (QED) is 0.607. The van der Waals surface area contributed by atoms with Crippen molar-refractivity contribution >= 4 is 12.4 Å². The molecule has 1 aliphatic rings. The summed E-state index contributed by atoms with van der Waals surface area (Å²) in [7, 11) is 0. The highest BCUT2D eigenvalue weighted by molar-refractivity contribution is 5.85. The van der Waals surface area contributed by atoms with E-state index < -0.39 is 0 Å². The van der Waals surface area contributed by atoms with E-state index >= 15 is 0 Å². The predicted molar refractivity (Wildman–Crippen MR) is 47.7 cm³/mol. The first kappa shape index (κ1) is 10.7. The molecule has 0 saturated carbocycles. The first-order valence-corrected chi connectivity index (χ1v) is 3.81. The van der Waals surface area contributed by atoms with Gasteiger partial charge in [-0.15, -0.1) is 12.4 Å². The van der Waals surface area contributed by atoms with Crippen molar-refractivity contribution in [2.24, 2.45) is 5.92 Å². The molecule has 3 heteroatoms. The zero-order chi connectivity index (χ0) is 7.61. The van der Waals surface area contributed by atoms with Gasteiger partial charge in [0.1, 0.15) is 0 Å². The lowest BCUT2D eigenvalue weighted by molar-refractivity contribution is 0.243. The summed E-state index contributed by atoms with van der Waals surface area (Å²) < 4.78 is 0. The van der Waals surface area contributed by atoms with Gasteiger partial charge in [0.2, 0.25) is 0 Å². The summed E-state index contributed by atoms with van der Waals surface area (Å²) in [5.41, 5.74) is 0.0347. The Morgan fingerprint density at radius 3 is 2.55 bits per heavy atom. The fraction of sp³-hybridized carbons (Fsp3) is 0.875. The van der Waals surface area contributed by atoms with Crippen molar-refractivity contribution < 1.29 is 0 Å². The number of halogens is 1. The van der Waals surface area contributed by atoms with Crippen molar-refractivity contribution in [3.05, 3.63) is 0 Å². The van der Waals surface area contributed by atoms with Crippen LogP contribution in [-0.4, -0.2) is 12.1 Å². The third-order valence-corrected chi connectivity index (χ3v) is 2.28.